The van der Waals surface area contributed by atoms with Crippen molar-refractivity contribution in [1.82, 2.24) is 14.9 Å². The first-order chi connectivity index (χ1) is 14.1. The first-order valence-electron chi connectivity index (χ1n) is 9.43. The van der Waals surface area contributed by atoms with Crippen molar-refractivity contribution in [2.24, 2.45) is 0 Å². The Morgan fingerprint density at radius 3 is 2.79 bits per heavy atom. The molecule has 0 radical (unpaired) electrons. The Balaban J connectivity index is 1.44. The number of piperidine rings is 1. The molecule has 1 aromatic carbocycles. The number of nitrogens with one attached hydrogen (secondary N) is 1. The van der Waals surface area contributed by atoms with Gasteiger partial charge in [-0.05, 0) is 43.0 Å². The molecule has 4 rings (SSSR count). The second-order valence-corrected chi connectivity index (χ2v) is 7.75. The summed E-state index contributed by atoms with van der Waals surface area (Å²) in [5, 5.41) is 0. The Hall–Kier alpha value is -2.04. The van der Waals surface area contributed by atoms with Crippen molar-refractivity contribution in [2.75, 3.05) is 24.4 Å². The highest BCUT2D eigenvalue weighted by atomic mass is 32.2. The summed E-state index contributed by atoms with van der Waals surface area (Å²) in [6.45, 7) is -0.944. The van der Waals surface area contributed by atoms with Crippen LogP contribution in [-0.4, -0.2) is 47.3 Å². The predicted molar refractivity (Wildman–Crippen MR) is 102 cm³/mol. The summed E-state index contributed by atoms with van der Waals surface area (Å²) in [5.41, 5.74) is 0.799. The normalized spacial score (nSPS) is 20.3. The number of rotatable bonds is 6. The van der Waals surface area contributed by atoms with Gasteiger partial charge in [-0.2, -0.15) is 8.78 Å². The molecule has 1 aromatic heterocycles. The fourth-order valence-corrected chi connectivity index (χ4v) is 4.41. The minimum atomic E-state index is -2.74. The number of ether oxygens (including phenoxy) is 2. The third kappa shape index (κ3) is 4.93. The average molecular weight is 426 g/mol. The molecule has 2 aliphatic heterocycles. The zero-order valence-corrected chi connectivity index (χ0v) is 16.4. The minimum Gasteiger partial charge on any atom is -0.493 e. The van der Waals surface area contributed by atoms with E-state index in [4.69, 9.17) is 4.74 Å². The molecule has 1 N–H and O–H groups in total. The first kappa shape index (κ1) is 20.2. The third-order valence-electron chi connectivity index (χ3n) is 5.13. The highest BCUT2D eigenvalue weighted by molar-refractivity contribution is 8.00. The molecule has 0 spiro atoms. The van der Waals surface area contributed by atoms with Crippen LogP contribution in [-0.2, 0) is 4.74 Å². The summed E-state index contributed by atoms with van der Waals surface area (Å²) in [6, 6.07) is 4.92. The Bertz CT molecular complexity index is 823. The van der Waals surface area contributed by atoms with Crippen LogP contribution in [0.2, 0.25) is 0 Å². The van der Waals surface area contributed by atoms with Crippen LogP contribution >= 0.6 is 11.9 Å². The first-order valence-corrected chi connectivity index (χ1v) is 10.2. The van der Waals surface area contributed by atoms with Crippen molar-refractivity contribution in [1.29, 1.82) is 0 Å². The molecular weight excluding hydrogens is 405 g/mol. The molecule has 0 bridgehead atoms. The molecule has 3 heterocycles. The van der Waals surface area contributed by atoms with Crippen LogP contribution in [0.15, 0.2) is 35.6 Å². The maximum atomic E-state index is 14.8. The summed E-state index contributed by atoms with van der Waals surface area (Å²) in [5.74, 6) is 0.886. The van der Waals surface area contributed by atoms with Gasteiger partial charge in [0.2, 0.25) is 0 Å². The van der Waals surface area contributed by atoms with E-state index in [1.54, 1.807) is 18.3 Å². The fourth-order valence-electron chi connectivity index (χ4n) is 3.76. The van der Waals surface area contributed by atoms with Crippen molar-refractivity contribution < 1.29 is 22.6 Å². The van der Waals surface area contributed by atoms with E-state index in [9.17, 15) is 13.2 Å². The van der Waals surface area contributed by atoms with E-state index in [0.717, 1.165) is 23.9 Å². The highest BCUT2D eigenvalue weighted by Crippen LogP contribution is 2.40. The predicted octanol–water partition coefficient (Wildman–Crippen LogP) is 4.26. The maximum absolute atomic E-state index is 14.8. The van der Waals surface area contributed by atoms with Gasteiger partial charge in [-0.3, -0.25) is 4.90 Å². The van der Waals surface area contributed by atoms with Crippen LogP contribution in [0.1, 0.15) is 30.9 Å². The monoisotopic (exact) mass is 426 g/mol. The number of anilines is 1. The van der Waals surface area contributed by atoms with Crippen LogP contribution in [0, 0.1) is 5.82 Å². The van der Waals surface area contributed by atoms with Crippen molar-refractivity contribution in [3.8, 4) is 5.75 Å². The lowest BCUT2D eigenvalue weighted by Crippen LogP contribution is -2.41. The number of benzene rings is 1. The molecule has 1 atom stereocenters. The number of hydrogen-bond acceptors (Lipinski definition) is 7. The second kappa shape index (κ2) is 9.19. The van der Waals surface area contributed by atoms with E-state index in [2.05, 4.69) is 24.3 Å². The molecule has 0 unspecified atom stereocenters. The van der Waals surface area contributed by atoms with E-state index >= 15 is 0 Å². The van der Waals surface area contributed by atoms with Crippen molar-refractivity contribution in [3.63, 3.8) is 0 Å². The quantitative estimate of drug-likeness (QED) is 0.693. The van der Waals surface area contributed by atoms with E-state index in [1.807, 2.05) is 0 Å². The Kier molecular flexibility index (Phi) is 6.41. The van der Waals surface area contributed by atoms with Gasteiger partial charge in [0.15, 0.2) is 0 Å². The average Bonchev–Trinajstić information content (AvgIpc) is 2.73. The lowest BCUT2D eigenvalue weighted by molar-refractivity contribution is -0.174. The van der Waals surface area contributed by atoms with Gasteiger partial charge in [0.1, 0.15) is 23.7 Å². The number of likely N-dealkylation sites (tertiary alicyclic amines) is 1. The number of hydrogen-bond donors (Lipinski definition) is 1. The zero-order chi connectivity index (χ0) is 20.2. The van der Waals surface area contributed by atoms with Crippen LogP contribution in [0.25, 0.3) is 0 Å². The second-order valence-electron chi connectivity index (χ2n) is 6.90. The van der Waals surface area contributed by atoms with Crippen LogP contribution < -0.4 is 9.46 Å². The topological polar surface area (TPSA) is 59.5 Å². The Morgan fingerprint density at radius 2 is 2.07 bits per heavy atom. The van der Waals surface area contributed by atoms with Crippen LogP contribution in [0.4, 0.5) is 19.0 Å². The number of halogens is 3. The highest BCUT2D eigenvalue weighted by Gasteiger charge is 2.32. The molecule has 0 aliphatic carbocycles. The van der Waals surface area contributed by atoms with Crippen LogP contribution in [0.3, 0.4) is 0 Å². The lowest BCUT2D eigenvalue weighted by atomic mass is 9.96. The maximum Gasteiger partial charge on any atom is 0.345 e. The number of fused-ring (bicyclic) bond motifs is 1. The van der Waals surface area contributed by atoms with Crippen molar-refractivity contribution in [3.05, 3.63) is 42.1 Å². The van der Waals surface area contributed by atoms with Gasteiger partial charge in [0.25, 0.3) is 0 Å². The summed E-state index contributed by atoms with van der Waals surface area (Å²) < 4.78 is 53.0. The van der Waals surface area contributed by atoms with Gasteiger partial charge >= 0.3 is 6.61 Å². The van der Waals surface area contributed by atoms with Gasteiger partial charge in [-0.1, -0.05) is 0 Å². The molecule has 156 valence electrons. The van der Waals surface area contributed by atoms with Crippen molar-refractivity contribution in [2.45, 2.75) is 42.9 Å². The molecular formula is C19H21F3N4O2S. The lowest BCUT2D eigenvalue weighted by Gasteiger charge is -2.40. The molecule has 10 heteroatoms. The summed E-state index contributed by atoms with van der Waals surface area (Å²) in [6.07, 6.45) is 4.40. The summed E-state index contributed by atoms with van der Waals surface area (Å²) in [7, 11) is 0. The Morgan fingerprint density at radius 1 is 1.24 bits per heavy atom. The number of alkyl halides is 2. The van der Waals surface area contributed by atoms with Gasteiger partial charge in [-0.25, -0.2) is 14.4 Å². The van der Waals surface area contributed by atoms with E-state index in [-0.39, 0.29) is 11.9 Å². The molecule has 0 amide bonds. The zero-order valence-electron chi connectivity index (χ0n) is 15.6. The summed E-state index contributed by atoms with van der Waals surface area (Å²) in [4.78, 5) is 10.5. The SMILES string of the molecule is Fc1cc2c(cc1SNc1ccncn1)OCC[C@@H]2N1CCC(OC(F)F)CC1. The molecule has 0 saturated carbocycles. The number of aromatic nitrogens is 2. The van der Waals surface area contributed by atoms with Gasteiger partial charge in [-0.15, -0.1) is 0 Å². The molecule has 2 aliphatic rings. The summed E-state index contributed by atoms with van der Waals surface area (Å²) >= 11 is 1.12. The minimum absolute atomic E-state index is 0.00891. The Labute approximate surface area is 170 Å². The largest absolute Gasteiger partial charge is 0.493 e. The fraction of sp³-hybridized carbons (Fsp3) is 0.474. The van der Waals surface area contributed by atoms with Gasteiger partial charge < -0.3 is 14.2 Å². The molecule has 1 saturated heterocycles. The third-order valence-corrected chi connectivity index (χ3v) is 5.98. The van der Waals surface area contributed by atoms with Crippen molar-refractivity contribution >= 4 is 17.8 Å². The number of nitrogens with zero attached hydrogens (tertiary/aromatic N) is 3. The van der Waals surface area contributed by atoms with Gasteiger partial charge in [0.05, 0.1) is 17.6 Å². The molecule has 29 heavy (non-hydrogen) atoms. The molecule has 2 aromatic rings. The smallest absolute Gasteiger partial charge is 0.345 e. The van der Waals surface area contributed by atoms with Gasteiger partial charge in [0, 0.05) is 37.3 Å². The standard InChI is InChI=1S/C19H21F3N4O2S/c20-14-9-13-15(26-6-2-12(3-7-26)28-19(21)22)4-8-27-16(13)10-17(14)29-25-18-1-5-23-11-24-18/h1,5,9-12,15,19H,2-4,6-8H2,(H,23,24,25)/t15-/m0/s1. The molecule has 6 nitrogen and oxygen atoms in total. The van der Waals surface area contributed by atoms with E-state index in [0.29, 0.717) is 49.0 Å². The van der Waals surface area contributed by atoms with Crippen LogP contribution in [0.5, 0.6) is 5.75 Å². The van der Waals surface area contributed by atoms with E-state index < -0.39 is 12.7 Å². The molecule has 1 fully saturated rings. The van der Waals surface area contributed by atoms with E-state index in [1.165, 1.54) is 12.4 Å².